The van der Waals surface area contributed by atoms with Crippen LogP contribution in [0.2, 0.25) is 0 Å². The topological polar surface area (TPSA) is 40.5 Å². The molecule has 34 heavy (non-hydrogen) atoms. The molecule has 1 saturated heterocycles. The summed E-state index contributed by atoms with van der Waals surface area (Å²) in [6, 6.07) is 0. The van der Waals surface area contributed by atoms with Gasteiger partial charge in [-0.3, -0.25) is 4.79 Å². The molecule has 3 saturated carbocycles. The summed E-state index contributed by atoms with van der Waals surface area (Å²) in [5.74, 6) is 0.908. The fourth-order valence-electron chi connectivity index (χ4n) is 9.41. The third-order valence-electron chi connectivity index (χ3n) is 11.5. The maximum atomic E-state index is 13.5. The first-order chi connectivity index (χ1) is 16.0. The lowest BCUT2D eigenvalue weighted by Crippen LogP contribution is -2.50. The van der Waals surface area contributed by atoms with Gasteiger partial charge in [-0.05, 0) is 98.2 Å². The minimum Gasteiger partial charge on any atom is -0.393 e. The van der Waals surface area contributed by atoms with Gasteiger partial charge in [-0.25, -0.2) is 8.78 Å². The average Bonchev–Trinajstić information content (AvgIpc) is 3.15. The van der Waals surface area contributed by atoms with Crippen LogP contribution in [0.15, 0.2) is 11.6 Å². The van der Waals surface area contributed by atoms with Crippen molar-refractivity contribution in [3.63, 3.8) is 0 Å². The van der Waals surface area contributed by atoms with E-state index in [1.807, 2.05) is 0 Å². The highest BCUT2D eigenvalue weighted by Gasteiger charge is 2.59. The van der Waals surface area contributed by atoms with Crippen LogP contribution in [0.1, 0.15) is 97.8 Å². The third kappa shape index (κ3) is 4.16. The summed E-state index contributed by atoms with van der Waals surface area (Å²) in [7, 11) is 0. The number of nitrogens with zero attached hydrogens (tertiary/aromatic N) is 1. The van der Waals surface area contributed by atoms with Crippen LogP contribution >= 0.6 is 0 Å². The molecule has 4 fully saturated rings. The Morgan fingerprint density at radius 2 is 1.82 bits per heavy atom. The lowest BCUT2D eigenvalue weighted by atomic mass is 9.47. The lowest BCUT2D eigenvalue weighted by molar-refractivity contribution is -0.137. The second-order valence-electron chi connectivity index (χ2n) is 13.1. The number of carbonyl (C=O) groups is 1. The maximum absolute atomic E-state index is 13.5. The van der Waals surface area contributed by atoms with E-state index in [1.165, 1.54) is 37.7 Å². The monoisotopic (exact) mass is 477 g/mol. The smallest absolute Gasteiger partial charge is 0.251 e. The quantitative estimate of drug-likeness (QED) is 0.464. The summed E-state index contributed by atoms with van der Waals surface area (Å²) < 4.78 is 26.9. The zero-order chi connectivity index (χ0) is 24.3. The zero-order valence-corrected chi connectivity index (χ0v) is 21.5. The van der Waals surface area contributed by atoms with Gasteiger partial charge in [0.25, 0.3) is 5.92 Å². The van der Waals surface area contributed by atoms with Gasteiger partial charge in [0.1, 0.15) is 0 Å². The van der Waals surface area contributed by atoms with Crippen LogP contribution < -0.4 is 0 Å². The van der Waals surface area contributed by atoms with Gasteiger partial charge >= 0.3 is 0 Å². The van der Waals surface area contributed by atoms with E-state index in [9.17, 15) is 18.7 Å². The first kappa shape index (κ1) is 24.7. The normalized spacial score (nSPS) is 44.5. The number of likely N-dealkylation sites (tertiary alicyclic amines) is 1. The van der Waals surface area contributed by atoms with Crippen molar-refractivity contribution in [2.75, 3.05) is 13.1 Å². The maximum Gasteiger partial charge on any atom is 0.251 e. The summed E-state index contributed by atoms with van der Waals surface area (Å²) >= 11 is 0. The largest absolute Gasteiger partial charge is 0.393 e. The number of piperidine rings is 1. The van der Waals surface area contributed by atoms with Crippen molar-refractivity contribution in [1.82, 2.24) is 4.90 Å². The van der Waals surface area contributed by atoms with E-state index in [0.717, 1.165) is 43.4 Å². The predicted molar refractivity (Wildman–Crippen MR) is 130 cm³/mol. The Bertz CT molecular complexity index is 817. The molecule has 5 heteroatoms. The van der Waals surface area contributed by atoms with Gasteiger partial charge in [0, 0.05) is 32.4 Å². The lowest BCUT2D eigenvalue weighted by Gasteiger charge is -2.58. The Morgan fingerprint density at radius 3 is 2.56 bits per heavy atom. The van der Waals surface area contributed by atoms with Crippen molar-refractivity contribution in [2.45, 2.75) is 110 Å². The number of rotatable bonds is 4. The molecule has 8 atom stereocenters. The molecule has 5 rings (SSSR count). The molecule has 0 aromatic rings. The van der Waals surface area contributed by atoms with Crippen molar-refractivity contribution >= 4 is 5.91 Å². The summed E-state index contributed by atoms with van der Waals surface area (Å²) in [4.78, 5) is 14.4. The van der Waals surface area contributed by atoms with Crippen molar-refractivity contribution < 1.29 is 18.7 Å². The van der Waals surface area contributed by atoms with Gasteiger partial charge in [-0.2, -0.15) is 0 Å². The van der Waals surface area contributed by atoms with Crippen LogP contribution in [0.4, 0.5) is 8.78 Å². The molecule has 4 aliphatic carbocycles. The second kappa shape index (κ2) is 8.85. The number of hydrogen-bond acceptors (Lipinski definition) is 2. The Morgan fingerprint density at radius 1 is 1.09 bits per heavy atom. The van der Waals surface area contributed by atoms with Crippen LogP contribution in [0.3, 0.4) is 0 Å². The van der Waals surface area contributed by atoms with Gasteiger partial charge in [0.2, 0.25) is 5.91 Å². The van der Waals surface area contributed by atoms with Crippen LogP contribution in [0.5, 0.6) is 0 Å². The Kier molecular flexibility index (Phi) is 6.43. The molecule has 1 aliphatic heterocycles. The summed E-state index contributed by atoms with van der Waals surface area (Å²) in [6.07, 6.45) is 12.7. The standard InChI is InChI=1S/C29H45F2NO2/c1-19(4-9-26(34)32-16-14-29(30,31)15-17-32)23-7-8-24-22-6-5-20-18-21(33)10-12-27(20,2)25(22)11-13-28(23,24)3/h5,19,21-25,33H,4,6-18H2,1-3H3/t19-,21+,22+,23-,24+,25+,27+,28-/m1/s1. The van der Waals surface area contributed by atoms with E-state index in [1.54, 1.807) is 4.90 Å². The van der Waals surface area contributed by atoms with Crippen molar-refractivity contribution in [3.8, 4) is 0 Å². The SMILES string of the molecule is C[C@H](CCC(=O)N1CCC(F)(F)CC1)[C@H]1CC[C@H]2[C@@H]3CC=C4C[C@@H](O)CC[C@]4(C)[C@H]3CC[C@]12C. The molecule has 0 aromatic heterocycles. The highest BCUT2D eigenvalue weighted by Crippen LogP contribution is 2.67. The number of carbonyl (C=O) groups excluding carboxylic acids is 1. The zero-order valence-electron chi connectivity index (χ0n) is 21.5. The Labute approximate surface area is 204 Å². The number of halogens is 2. The summed E-state index contributed by atoms with van der Waals surface area (Å²) in [5.41, 5.74) is 2.17. The molecule has 0 unspecified atom stereocenters. The van der Waals surface area contributed by atoms with E-state index in [2.05, 4.69) is 26.8 Å². The molecule has 0 aromatic carbocycles. The van der Waals surface area contributed by atoms with Gasteiger partial charge in [0.15, 0.2) is 0 Å². The number of hydrogen-bond donors (Lipinski definition) is 1. The molecule has 1 N–H and O–H groups in total. The van der Waals surface area contributed by atoms with Crippen molar-refractivity contribution in [1.29, 1.82) is 0 Å². The molecule has 5 aliphatic rings. The van der Waals surface area contributed by atoms with Crippen LogP contribution in [-0.4, -0.2) is 41.0 Å². The molecular formula is C29H45F2NO2. The Balaban J connectivity index is 1.22. The van der Waals surface area contributed by atoms with E-state index in [4.69, 9.17) is 0 Å². The summed E-state index contributed by atoms with van der Waals surface area (Å²) in [6.45, 7) is 7.78. The first-order valence-electron chi connectivity index (χ1n) is 14.1. The molecule has 3 nitrogen and oxygen atoms in total. The van der Waals surface area contributed by atoms with Crippen LogP contribution in [-0.2, 0) is 4.79 Å². The van der Waals surface area contributed by atoms with E-state index >= 15 is 0 Å². The first-order valence-corrected chi connectivity index (χ1v) is 14.1. The summed E-state index contributed by atoms with van der Waals surface area (Å²) in [5, 5.41) is 10.2. The van der Waals surface area contributed by atoms with E-state index < -0.39 is 5.92 Å². The van der Waals surface area contributed by atoms with Gasteiger partial charge in [-0.15, -0.1) is 0 Å². The third-order valence-corrected chi connectivity index (χ3v) is 11.5. The van der Waals surface area contributed by atoms with E-state index in [0.29, 0.717) is 23.7 Å². The fraction of sp³-hybridized carbons (Fsp3) is 0.897. The van der Waals surface area contributed by atoms with Crippen LogP contribution in [0.25, 0.3) is 0 Å². The molecule has 192 valence electrons. The minimum atomic E-state index is -2.60. The number of allylic oxidation sites excluding steroid dienone is 1. The molecule has 1 heterocycles. The van der Waals surface area contributed by atoms with Gasteiger partial charge < -0.3 is 10.0 Å². The highest BCUT2D eigenvalue weighted by molar-refractivity contribution is 5.76. The average molecular weight is 478 g/mol. The molecular weight excluding hydrogens is 432 g/mol. The fourth-order valence-corrected chi connectivity index (χ4v) is 9.41. The molecule has 1 amide bonds. The Hall–Kier alpha value is -0.970. The van der Waals surface area contributed by atoms with Gasteiger partial charge in [0.05, 0.1) is 6.10 Å². The number of fused-ring (bicyclic) bond motifs is 5. The molecule has 0 radical (unpaired) electrons. The van der Waals surface area contributed by atoms with E-state index in [-0.39, 0.29) is 43.4 Å². The number of aliphatic hydroxyl groups excluding tert-OH is 1. The predicted octanol–water partition coefficient (Wildman–Crippen LogP) is 6.60. The number of aliphatic hydroxyl groups is 1. The van der Waals surface area contributed by atoms with Crippen molar-refractivity contribution in [2.24, 2.45) is 40.4 Å². The molecule has 0 spiro atoms. The number of amides is 1. The minimum absolute atomic E-state index is 0.0723. The van der Waals surface area contributed by atoms with Crippen molar-refractivity contribution in [3.05, 3.63) is 11.6 Å². The highest BCUT2D eigenvalue weighted by atomic mass is 19.3. The number of alkyl halides is 2. The molecule has 0 bridgehead atoms. The van der Waals surface area contributed by atoms with Crippen LogP contribution in [0, 0.1) is 40.4 Å². The second-order valence-corrected chi connectivity index (χ2v) is 13.1. The van der Waals surface area contributed by atoms with Gasteiger partial charge in [-0.1, -0.05) is 32.4 Å².